The van der Waals surface area contributed by atoms with E-state index in [1.165, 1.54) is 19.3 Å². The van der Waals surface area contributed by atoms with E-state index in [0.29, 0.717) is 0 Å². The molecule has 0 N–H and O–H groups in total. The van der Waals surface area contributed by atoms with Crippen molar-refractivity contribution < 1.29 is 14.3 Å². The number of ketones is 1. The number of hydrogen-bond donors (Lipinski definition) is 0. The maximum Gasteiger partial charge on any atom is 0.166 e. The van der Waals surface area contributed by atoms with Crippen LogP contribution in [0.15, 0.2) is 24.3 Å². The molecule has 1 aliphatic carbocycles. The highest BCUT2D eigenvalue weighted by atomic mass is 16.5. The van der Waals surface area contributed by atoms with Crippen LogP contribution in [-0.4, -0.2) is 25.1 Å². The van der Waals surface area contributed by atoms with Gasteiger partial charge in [0.1, 0.15) is 5.75 Å². The molecule has 1 atom stereocenters. The Balaban J connectivity index is 1.71. The van der Waals surface area contributed by atoms with Gasteiger partial charge in [-0.2, -0.15) is 0 Å². The van der Waals surface area contributed by atoms with Crippen LogP contribution in [0.1, 0.15) is 55.3 Å². The minimum Gasteiger partial charge on any atom is -0.497 e. The van der Waals surface area contributed by atoms with Gasteiger partial charge in [0.15, 0.2) is 5.78 Å². The van der Waals surface area contributed by atoms with Crippen molar-refractivity contribution in [2.45, 2.75) is 50.5 Å². The maximum atomic E-state index is 12.7. The second-order valence-corrected chi connectivity index (χ2v) is 6.37. The monoisotopic (exact) mass is 288 g/mol. The Kier molecular flexibility index (Phi) is 4.29. The lowest BCUT2D eigenvalue weighted by Crippen LogP contribution is -2.43. The predicted octanol–water partition coefficient (Wildman–Crippen LogP) is 4.01. The molecule has 21 heavy (non-hydrogen) atoms. The average molecular weight is 288 g/mol. The van der Waals surface area contributed by atoms with Gasteiger partial charge in [-0.3, -0.25) is 4.79 Å². The summed E-state index contributed by atoms with van der Waals surface area (Å²) in [6.07, 6.45) is 7.79. The molecule has 1 aliphatic heterocycles. The molecule has 2 fully saturated rings. The van der Waals surface area contributed by atoms with Crippen LogP contribution in [0.2, 0.25) is 0 Å². The molecule has 1 saturated heterocycles. The second kappa shape index (κ2) is 6.18. The van der Waals surface area contributed by atoms with Crippen molar-refractivity contribution in [1.29, 1.82) is 0 Å². The average Bonchev–Trinajstić information content (AvgIpc) is 2.55. The molecule has 1 spiro atoms. The Hall–Kier alpha value is -1.35. The zero-order valence-electron chi connectivity index (χ0n) is 12.8. The third-order valence-corrected chi connectivity index (χ3v) is 5.00. The normalized spacial score (nSPS) is 24.7. The molecular weight excluding hydrogens is 264 g/mol. The van der Waals surface area contributed by atoms with Crippen molar-refractivity contribution in [2.75, 3.05) is 13.7 Å². The summed E-state index contributed by atoms with van der Waals surface area (Å²) in [6.45, 7) is 0.729. The van der Waals surface area contributed by atoms with Crippen LogP contribution in [0.3, 0.4) is 0 Å². The van der Waals surface area contributed by atoms with Gasteiger partial charge >= 0.3 is 0 Å². The van der Waals surface area contributed by atoms with Crippen LogP contribution < -0.4 is 4.74 Å². The molecule has 1 heterocycles. The Labute approximate surface area is 126 Å². The molecule has 1 aromatic rings. The maximum absolute atomic E-state index is 12.7. The molecule has 0 aromatic heterocycles. The molecule has 0 bridgehead atoms. The number of rotatable bonds is 3. The van der Waals surface area contributed by atoms with Crippen LogP contribution >= 0.6 is 0 Å². The lowest BCUT2D eigenvalue weighted by Gasteiger charge is -2.43. The van der Waals surface area contributed by atoms with Gasteiger partial charge in [-0.1, -0.05) is 19.3 Å². The summed E-state index contributed by atoms with van der Waals surface area (Å²) in [4.78, 5) is 12.7. The Morgan fingerprint density at radius 2 is 1.90 bits per heavy atom. The molecule has 1 aromatic carbocycles. The van der Waals surface area contributed by atoms with Gasteiger partial charge in [-0.25, -0.2) is 0 Å². The number of methoxy groups -OCH3 is 1. The molecule has 0 amide bonds. The smallest absolute Gasteiger partial charge is 0.166 e. The third-order valence-electron chi connectivity index (χ3n) is 5.00. The first-order valence-electron chi connectivity index (χ1n) is 8.05. The lowest BCUT2D eigenvalue weighted by atomic mass is 9.74. The van der Waals surface area contributed by atoms with Crippen molar-refractivity contribution in [3.05, 3.63) is 29.8 Å². The van der Waals surface area contributed by atoms with E-state index in [1.54, 1.807) is 7.11 Å². The number of benzene rings is 1. The first-order chi connectivity index (χ1) is 10.2. The predicted molar refractivity (Wildman–Crippen MR) is 81.8 cm³/mol. The van der Waals surface area contributed by atoms with Crippen molar-refractivity contribution in [1.82, 2.24) is 0 Å². The van der Waals surface area contributed by atoms with E-state index in [4.69, 9.17) is 9.47 Å². The first kappa shape index (κ1) is 14.6. The fourth-order valence-electron chi connectivity index (χ4n) is 3.79. The summed E-state index contributed by atoms with van der Waals surface area (Å²) >= 11 is 0. The number of Topliss-reactive ketones (excluding diaryl/α,β-unsaturated/α-hetero) is 1. The highest BCUT2D eigenvalue weighted by Gasteiger charge is 2.40. The van der Waals surface area contributed by atoms with Gasteiger partial charge < -0.3 is 9.47 Å². The summed E-state index contributed by atoms with van der Waals surface area (Å²) in [5.41, 5.74) is 0.789. The summed E-state index contributed by atoms with van der Waals surface area (Å²) in [6, 6.07) is 7.49. The number of carbonyl (C=O) groups is 1. The number of carbonyl (C=O) groups excluding carboxylic acids is 1. The Morgan fingerprint density at radius 3 is 2.57 bits per heavy atom. The molecule has 0 radical (unpaired) electrons. The Morgan fingerprint density at radius 1 is 1.19 bits per heavy atom. The summed E-state index contributed by atoms with van der Waals surface area (Å²) in [5, 5.41) is 0. The zero-order valence-corrected chi connectivity index (χ0v) is 12.8. The van der Waals surface area contributed by atoms with E-state index in [-0.39, 0.29) is 17.3 Å². The van der Waals surface area contributed by atoms with E-state index in [0.717, 1.165) is 43.6 Å². The van der Waals surface area contributed by atoms with Crippen LogP contribution in [0.4, 0.5) is 0 Å². The largest absolute Gasteiger partial charge is 0.497 e. The van der Waals surface area contributed by atoms with Gasteiger partial charge in [-0.05, 0) is 49.9 Å². The van der Waals surface area contributed by atoms with E-state index < -0.39 is 0 Å². The Bertz CT molecular complexity index is 480. The van der Waals surface area contributed by atoms with E-state index in [1.807, 2.05) is 24.3 Å². The summed E-state index contributed by atoms with van der Waals surface area (Å²) in [7, 11) is 1.64. The van der Waals surface area contributed by atoms with Gasteiger partial charge in [-0.15, -0.1) is 0 Å². The quantitative estimate of drug-likeness (QED) is 0.788. The SMILES string of the molecule is COc1ccc(C(=O)C2CCOC3(CCCCC3)C2)cc1. The van der Waals surface area contributed by atoms with E-state index in [9.17, 15) is 4.79 Å². The molecular formula is C18H24O3. The fraction of sp³-hybridized carbons (Fsp3) is 0.611. The van der Waals surface area contributed by atoms with Gasteiger partial charge in [0.25, 0.3) is 0 Å². The van der Waals surface area contributed by atoms with Crippen LogP contribution in [0.25, 0.3) is 0 Å². The van der Waals surface area contributed by atoms with Crippen molar-refractivity contribution in [2.24, 2.45) is 5.92 Å². The third kappa shape index (κ3) is 3.13. The highest BCUT2D eigenvalue weighted by molar-refractivity contribution is 5.98. The topological polar surface area (TPSA) is 35.5 Å². The molecule has 1 saturated carbocycles. The molecule has 1 unspecified atom stereocenters. The summed E-state index contributed by atoms with van der Waals surface area (Å²) in [5.74, 6) is 1.18. The van der Waals surface area contributed by atoms with E-state index >= 15 is 0 Å². The van der Waals surface area contributed by atoms with Crippen molar-refractivity contribution in [3.63, 3.8) is 0 Å². The van der Waals surface area contributed by atoms with Crippen molar-refractivity contribution in [3.8, 4) is 5.75 Å². The molecule has 2 aliphatic rings. The van der Waals surface area contributed by atoms with Crippen molar-refractivity contribution >= 4 is 5.78 Å². The minimum absolute atomic E-state index is 0.0106. The standard InChI is InChI=1S/C18H24O3/c1-20-16-7-5-14(6-8-16)17(19)15-9-12-21-18(13-15)10-3-2-4-11-18/h5-8,15H,2-4,9-13H2,1H3. The first-order valence-corrected chi connectivity index (χ1v) is 8.05. The van der Waals surface area contributed by atoms with Gasteiger partial charge in [0, 0.05) is 18.1 Å². The lowest BCUT2D eigenvalue weighted by molar-refractivity contribution is -0.111. The van der Waals surface area contributed by atoms with Crippen LogP contribution in [0, 0.1) is 5.92 Å². The molecule has 3 heteroatoms. The number of ether oxygens (including phenoxy) is 2. The van der Waals surface area contributed by atoms with Crippen LogP contribution in [-0.2, 0) is 4.74 Å². The number of hydrogen-bond acceptors (Lipinski definition) is 3. The second-order valence-electron chi connectivity index (χ2n) is 6.37. The van der Waals surface area contributed by atoms with Gasteiger partial charge in [0.05, 0.1) is 12.7 Å². The molecule has 3 nitrogen and oxygen atoms in total. The highest BCUT2D eigenvalue weighted by Crippen LogP contribution is 2.41. The minimum atomic E-state index is -0.0106. The molecule has 114 valence electrons. The summed E-state index contributed by atoms with van der Waals surface area (Å²) < 4.78 is 11.2. The van der Waals surface area contributed by atoms with Crippen LogP contribution in [0.5, 0.6) is 5.75 Å². The van der Waals surface area contributed by atoms with Gasteiger partial charge in [0.2, 0.25) is 0 Å². The zero-order chi connectivity index (χ0) is 14.7. The fourth-order valence-corrected chi connectivity index (χ4v) is 3.79. The van der Waals surface area contributed by atoms with E-state index in [2.05, 4.69) is 0 Å². The molecule has 3 rings (SSSR count).